The first-order chi connectivity index (χ1) is 8.74. The van der Waals surface area contributed by atoms with Gasteiger partial charge < -0.3 is 10.2 Å². The van der Waals surface area contributed by atoms with Crippen molar-refractivity contribution in [1.82, 2.24) is 10.2 Å². The quantitative estimate of drug-likeness (QED) is 0.860. The van der Waals surface area contributed by atoms with E-state index in [2.05, 4.69) is 5.32 Å². The van der Waals surface area contributed by atoms with Crippen molar-refractivity contribution in [3.63, 3.8) is 0 Å². The minimum Gasteiger partial charge on any atom is -0.344 e. The van der Waals surface area contributed by atoms with Crippen LogP contribution in [0.5, 0.6) is 0 Å². The number of amides is 2. The van der Waals surface area contributed by atoms with Gasteiger partial charge in [-0.15, -0.1) is 0 Å². The van der Waals surface area contributed by atoms with Crippen molar-refractivity contribution in [1.29, 1.82) is 0 Å². The molecule has 4 nitrogen and oxygen atoms in total. The first-order valence-corrected chi connectivity index (χ1v) is 7.03. The molecule has 0 radical (unpaired) electrons. The molecule has 0 spiro atoms. The smallest absolute Gasteiger partial charge is 0.344 e. The number of hydrogen-bond acceptors (Lipinski definition) is 3. The molecular weight excluding hydrogens is 281 g/mol. The van der Waals surface area contributed by atoms with Crippen molar-refractivity contribution in [3.8, 4) is 0 Å². The van der Waals surface area contributed by atoms with E-state index in [-0.39, 0.29) is 48.3 Å². The number of hydrogen-bond donors (Lipinski definition) is 1. The second-order valence-electron chi connectivity index (χ2n) is 4.41. The number of carbonyl (C=O) groups is 2. The van der Waals surface area contributed by atoms with Crippen LogP contribution in [-0.2, 0) is 9.59 Å². The van der Waals surface area contributed by atoms with Gasteiger partial charge in [0, 0.05) is 24.8 Å². The van der Waals surface area contributed by atoms with Gasteiger partial charge in [0.1, 0.15) is 6.04 Å². The number of thioether (sulfide) groups is 1. The van der Waals surface area contributed by atoms with E-state index < -0.39 is 11.6 Å². The lowest BCUT2D eigenvalue weighted by atomic mass is 10.2. The van der Waals surface area contributed by atoms with Crippen LogP contribution >= 0.6 is 11.8 Å². The fraction of sp³-hybridized carbons (Fsp3) is 0.818. The van der Waals surface area contributed by atoms with Gasteiger partial charge in [-0.2, -0.15) is 13.2 Å². The van der Waals surface area contributed by atoms with Gasteiger partial charge in [0.2, 0.25) is 11.8 Å². The van der Waals surface area contributed by atoms with E-state index in [4.69, 9.17) is 0 Å². The normalized spacial score (nSPS) is 25.2. The van der Waals surface area contributed by atoms with Crippen LogP contribution in [0.2, 0.25) is 0 Å². The predicted octanol–water partition coefficient (Wildman–Crippen LogP) is 1.75. The predicted molar refractivity (Wildman–Crippen MR) is 66.5 cm³/mol. The Bertz CT molecular complexity index is 349. The van der Waals surface area contributed by atoms with Crippen LogP contribution in [0, 0.1) is 0 Å². The first-order valence-electron chi connectivity index (χ1n) is 6.05. The van der Waals surface area contributed by atoms with Crippen LogP contribution in [-0.4, -0.2) is 46.6 Å². The summed E-state index contributed by atoms with van der Waals surface area (Å²) in [6, 6.07) is -1.01. The molecule has 2 atom stereocenters. The van der Waals surface area contributed by atoms with Crippen molar-refractivity contribution in [3.05, 3.63) is 0 Å². The average Bonchev–Trinajstić information content (AvgIpc) is 2.37. The van der Waals surface area contributed by atoms with Gasteiger partial charge in [-0.3, -0.25) is 9.59 Å². The third-order valence-electron chi connectivity index (χ3n) is 2.94. The summed E-state index contributed by atoms with van der Waals surface area (Å²) in [6.07, 6.45) is 0.555. The maximum absolute atomic E-state index is 12.1. The summed E-state index contributed by atoms with van der Waals surface area (Å²) in [6.45, 7) is 3.42. The molecule has 0 saturated carbocycles. The molecule has 110 valence electrons. The molecule has 1 N–H and O–H groups in total. The third-order valence-corrected chi connectivity index (χ3v) is 3.65. The largest absolute Gasteiger partial charge is 0.441 e. The summed E-state index contributed by atoms with van der Waals surface area (Å²) in [5.74, 6) is -0.758. The zero-order valence-corrected chi connectivity index (χ0v) is 11.6. The van der Waals surface area contributed by atoms with Crippen molar-refractivity contribution >= 4 is 23.6 Å². The lowest BCUT2D eigenvalue weighted by Crippen LogP contribution is -2.46. The Morgan fingerprint density at radius 1 is 1.42 bits per heavy atom. The Morgan fingerprint density at radius 2 is 2.05 bits per heavy atom. The van der Waals surface area contributed by atoms with E-state index in [1.807, 2.05) is 0 Å². The van der Waals surface area contributed by atoms with Crippen LogP contribution in [0.3, 0.4) is 0 Å². The van der Waals surface area contributed by atoms with E-state index in [0.717, 1.165) is 0 Å². The highest BCUT2D eigenvalue weighted by atomic mass is 32.2. The molecule has 2 unspecified atom stereocenters. The number of halogens is 3. The Kier molecular flexibility index (Phi) is 5.51. The van der Waals surface area contributed by atoms with Gasteiger partial charge >= 0.3 is 5.51 Å². The zero-order valence-electron chi connectivity index (χ0n) is 10.8. The lowest BCUT2D eigenvalue weighted by molar-refractivity contribution is -0.134. The van der Waals surface area contributed by atoms with Crippen LogP contribution in [0.4, 0.5) is 13.2 Å². The molecule has 1 rings (SSSR count). The molecule has 0 bridgehead atoms. The molecule has 19 heavy (non-hydrogen) atoms. The number of alkyl halides is 3. The number of nitrogens with zero attached hydrogens (tertiary/aromatic N) is 1. The molecule has 0 aromatic rings. The second kappa shape index (κ2) is 6.49. The third kappa shape index (κ3) is 4.93. The van der Waals surface area contributed by atoms with Gasteiger partial charge in [0.25, 0.3) is 0 Å². The van der Waals surface area contributed by atoms with E-state index >= 15 is 0 Å². The Balaban J connectivity index is 2.66. The fourth-order valence-corrected chi connectivity index (χ4v) is 2.50. The van der Waals surface area contributed by atoms with E-state index in [9.17, 15) is 22.8 Å². The van der Waals surface area contributed by atoms with Gasteiger partial charge in [0.15, 0.2) is 0 Å². The Hall–Kier alpha value is -0.920. The van der Waals surface area contributed by atoms with Gasteiger partial charge in [-0.1, -0.05) is 6.92 Å². The van der Waals surface area contributed by atoms with E-state index in [1.165, 1.54) is 4.90 Å². The minimum atomic E-state index is -4.30. The van der Waals surface area contributed by atoms with Crippen LogP contribution in [0.25, 0.3) is 0 Å². The molecule has 0 aromatic carbocycles. The van der Waals surface area contributed by atoms with Gasteiger partial charge in [0.05, 0.1) is 0 Å². The standard InChI is InChI=1S/C11H17F3N2O2S/c1-3-8-10(18)16(4-5-19-11(12,13)14)7(2)6-9(17)15-8/h7-8H,3-6H2,1-2H3,(H,15,17). The Labute approximate surface area is 114 Å². The lowest BCUT2D eigenvalue weighted by Gasteiger charge is -2.28. The van der Waals surface area contributed by atoms with Crippen molar-refractivity contribution in [2.75, 3.05) is 12.3 Å². The molecule has 0 aromatic heterocycles. The van der Waals surface area contributed by atoms with E-state index in [0.29, 0.717) is 6.42 Å². The summed E-state index contributed by atoms with van der Waals surface area (Å²) in [5, 5.41) is 2.59. The van der Waals surface area contributed by atoms with Gasteiger partial charge in [-0.05, 0) is 25.1 Å². The minimum absolute atomic E-state index is 0.00433. The first kappa shape index (κ1) is 16.1. The van der Waals surface area contributed by atoms with Crippen molar-refractivity contribution in [2.45, 2.75) is 44.3 Å². The number of nitrogens with one attached hydrogen (secondary N) is 1. The van der Waals surface area contributed by atoms with Crippen molar-refractivity contribution < 1.29 is 22.8 Å². The molecule has 1 saturated heterocycles. The molecule has 1 aliphatic rings. The number of rotatable bonds is 4. The average molecular weight is 298 g/mol. The monoisotopic (exact) mass is 298 g/mol. The highest BCUT2D eigenvalue weighted by Crippen LogP contribution is 2.30. The molecule has 0 aliphatic carbocycles. The maximum atomic E-state index is 12.1. The van der Waals surface area contributed by atoms with Crippen LogP contribution in [0.15, 0.2) is 0 Å². The fourth-order valence-electron chi connectivity index (χ4n) is 1.98. The number of carbonyl (C=O) groups excluding carboxylic acids is 2. The SMILES string of the molecule is CCC1NC(=O)CC(C)N(CCSC(F)(F)F)C1=O. The summed E-state index contributed by atoms with van der Waals surface area (Å²) < 4.78 is 36.2. The highest BCUT2D eigenvalue weighted by molar-refractivity contribution is 8.00. The Morgan fingerprint density at radius 3 is 2.58 bits per heavy atom. The molecular formula is C11H17F3N2O2S. The topological polar surface area (TPSA) is 49.4 Å². The summed E-state index contributed by atoms with van der Waals surface area (Å²) in [5.41, 5.74) is -4.30. The summed E-state index contributed by atoms with van der Waals surface area (Å²) in [4.78, 5) is 25.0. The molecule has 1 fully saturated rings. The van der Waals surface area contributed by atoms with E-state index in [1.54, 1.807) is 13.8 Å². The second-order valence-corrected chi connectivity index (χ2v) is 5.57. The molecule has 1 aliphatic heterocycles. The molecule has 2 amide bonds. The van der Waals surface area contributed by atoms with Crippen LogP contribution < -0.4 is 5.32 Å². The highest BCUT2D eigenvalue weighted by Gasteiger charge is 2.34. The molecule has 8 heteroatoms. The van der Waals surface area contributed by atoms with Crippen molar-refractivity contribution in [2.24, 2.45) is 0 Å². The summed E-state index contributed by atoms with van der Waals surface area (Å²) in [7, 11) is 0. The summed E-state index contributed by atoms with van der Waals surface area (Å²) >= 11 is -0.152. The maximum Gasteiger partial charge on any atom is 0.441 e. The molecule has 1 heterocycles. The van der Waals surface area contributed by atoms with Gasteiger partial charge in [-0.25, -0.2) is 0 Å². The van der Waals surface area contributed by atoms with Crippen LogP contribution in [0.1, 0.15) is 26.7 Å². The zero-order chi connectivity index (χ0) is 14.6.